The molecule has 1 aliphatic rings. The topological polar surface area (TPSA) is 52.7 Å². The number of aryl methyl sites for hydroxylation is 1. The molecule has 0 radical (unpaired) electrons. The molecular formula is C20H21ClFN3O2. The predicted molar refractivity (Wildman–Crippen MR) is 104 cm³/mol. The summed E-state index contributed by atoms with van der Waals surface area (Å²) < 4.78 is 13.3. The van der Waals surface area contributed by atoms with Gasteiger partial charge in [0.15, 0.2) is 0 Å². The number of amides is 2. The van der Waals surface area contributed by atoms with Crippen LogP contribution in [0.15, 0.2) is 42.5 Å². The van der Waals surface area contributed by atoms with Gasteiger partial charge in [-0.15, -0.1) is 0 Å². The Balaban J connectivity index is 1.51. The van der Waals surface area contributed by atoms with E-state index in [-0.39, 0.29) is 18.0 Å². The SMILES string of the molecule is Cc1ccc(F)cc1C(=O)NCC(=O)N1CCN(c2cccc(Cl)c2)CC1. The summed E-state index contributed by atoms with van der Waals surface area (Å²) in [6.45, 7) is 4.16. The molecular weight excluding hydrogens is 369 g/mol. The zero-order chi connectivity index (χ0) is 19.4. The number of carbonyl (C=O) groups excluding carboxylic acids is 2. The van der Waals surface area contributed by atoms with Crippen LogP contribution >= 0.6 is 11.6 Å². The minimum absolute atomic E-state index is 0.105. The van der Waals surface area contributed by atoms with Crippen LogP contribution in [0.4, 0.5) is 10.1 Å². The van der Waals surface area contributed by atoms with Crippen molar-refractivity contribution in [2.45, 2.75) is 6.92 Å². The summed E-state index contributed by atoms with van der Waals surface area (Å²) in [5.41, 5.74) is 1.94. The first-order valence-electron chi connectivity index (χ1n) is 8.76. The summed E-state index contributed by atoms with van der Waals surface area (Å²) in [7, 11) is 0. The Labute approximate surface area is 162 Å². The smallest absolute Gasteiger partial charge is 0.252 e. The molecule has 0 saturated carbocycles. The average Bonchev–Trinajstić information content (AvgIpc) is 2.68. The molecule has 1 saturated heterocycles. The zero-order valence-electron chi connectivity index (χ0n) is 15.0. The van der Waals surface area contributed by atoms with E-state index in [4.69, 9.17) is 11.6 Å². The van der Waals surface area contributed by atoms with Crippen molar-refractivity contribution in [3.8, 4) is 0 Å². The fraction of sp³-hybridized carbons (Fsp3) is 0.300. The molecule has 0 unspecified atom stereocenters. The minimum atomic E-state index is -0.478. The lowest BCUT2D eigenvalue weighted by Crippen LogP contribution is -2.51. The van der Waals surface area contributed by atoms with Gasteiger partial charge in [0.05, 0.1) is 6.54 Å². The van der Waals surface area contributed by atoms with Crippen molar-refractivity contribution >= 4 is 29.1 Å². The lowest BCUT2D eigenvalue weighted by Gasteiger charge is -2.36. The monoisotopic (exact) mass is 389 g/mol. The molecule has 5 nitrogen and oxygen atoms in total. The average molecular weight is 390 g/mol. The largest absolute Gasteiger partial charge is 0.368 e. The van der Waals surface area contributed by atoms with Gasteiger partial charge in [-0.1, -0.05) is 23.7 Å². The number of nitrogens with one attached hydrogen (secondary N) is 1. The molecule has 142 valence electrons. The van der Waals surface area contributed by atoms with Crippen molar-refractivity contribution in [2.75, 3.05) is 37.6 Å². The van der Waals surface area contributed by atoms with Crippen molar-refractivity contribution in [3.05, 3.63) is 64.4 Å². The maximum Gasteiger partial charge on any atom is 0.252 e. The molecule has 1 aliphatic heterocycles. The predicted octanol–water partition coefficient (Wildman–Crippen LogP) is 2.87. The fourth-order valence-electron chi connectivity index (χ4n) is 3.09. The third-order valence-corrected chi connectivity index (χ3v) is 4.89. The van der Waals surface area contributed by atoms with Crippen molar-refractivity contribution in [1.29, 1.82) is 0 Å². The highest BCUT2D eigenvalue weighted by Gasteiger charge is 2.22. The van der Waals surface area contributed by atoms with E-state index < -0.39 is 11.7 Å². The van der Waals surface area contributed by atoms with Crippen LogP contribution in [0.25, 0.3) is 0 Å². The van der Waals surface area contributed by atoms with E-state index in [9.17, 15) is 14.0 Å². The van der Waals surface area contributed by atoms with Crippen LogP contribution in [0.5, 0.6) is 0 Å². The van der Waals surface area contributed by atoms with Gasteiger partial charge in [-0.2, -0.15) is 0 Å². The second-order valence-corrected chi connectivity index (χ2v) is 6.93. The lowest BCUT2D eigenvalue weighted by atomic mass is 10.1. The van der Waals surface area contributed by atoms with Gasteiger partial charge in [-0.25, -0.2) is 4.39 Å². The number of halogens is 2. The van der Waals surface area contributed by atoms with Gasteiger partial charge in [0.1, 0.15) is 5.82 Å². The van der Waals surface area contributed by atoms with Gasteiger partial charge >= 0.3 is 0 Å². The van der Waals surface area contributed by atoms with E-state index in [0.717, 1.165) is 5.69 Å². The van der Waals surface area contributed by atoms with Gasteiger partial charge < -0.3 is 15.1 Å². The van der Waals surface area contributed by atoms with E-state index in [1.165, 1.54) is 12.1 Å². The third-order valence-electron chi connectivity index (χ3n) is 4.65. The molecule has 2 aromatic carbocycles. The number of hydrogen-bond donors (Lipinski definition) is 1. The van der Waals surface area contributed by atoms with Crippen LogP contribution in [-0.2, 0) is 4.79 Å². The maximum absolute atomic E-state index is 13.3. The summed E-state index contributed by atoms with van der Waals surface area (Å²) >= 11 is 6.03. The summed E-state index contributed by atoms with van der Waals surface area (Å²) in [5.74, 6) is -1.07. The van der Waals surface area contributed by atoms with E-state index >= 15 is 0 Å². The van der Waals surface area contributed by atoms with E-state index in [1.807, 2.05) is 24.3 Å². The molecule has 3 rings (SSSR count). The Hall–Kier alpha value is -2.60. The van der Waals surface area contributed by atoms with Gasteiger partial charge in [0, 0.05) is 42.5 Å². The third kappa shape index (κ3) is 4.77. The van der Waals surface area contributed by atoms with E-state index in [1.54, 1.807) is 17.9 Å². The number of benzene rings is 2. The number of nitrogens with zero attached hydrogens (tertiary/aromatic N) is 2. The molecule has 0 spiro atoms. The molecule has 0 aliphatic carbocycles. The van der Waals surface area contributed by atoms with Crippen molar-refractivity contribution in [1.82, 2.24) is 10.2 Å². The highest BCUT2D eigenvalue weighted by Crippen LogP contribution is 2.20. The van der Waals surface area contributed by atoms with Gasteiger partial charge in [0.2, 0.25) is 5.91 Å². The van der Waals surface area contributed by atoms with Gasteiger partial charge in [0.25, 0.3) is 5.91 Å². The zero-order valence-corrected chi connectivity index (χ0v) is 15.8. The highest BCUT2D eigenvalue weighted by molar-refractivity contribution is 6.30. The maximum atomic E-state index is 13.3. The second-order valence-electron chi connectivity index (χ2n) is 6.49. The Bertz CT molecular complexity index is 851. The molecule has 1 heterocycles. The first kappa shape index (κ1) is 19.2. The summed E-state index contributed by atoms with van der Waals surface area (Å²) in [6, 6.07) is 11.6. The molecule has 0 atom stereocenters. The van der Waals surface area contributed by atoms with Crippen molar-refractivity contribution in [2.24, 2.45) is 0 Å². The minimum Gasteiger partial charge on any atom is -0.368 e. The van der Waals surface area contributed by atoms with Gasteiger partial charge in [-0.3, -0.25) is 9.59 Å². The lowest BCUT2D eigenvalue weighted by molar-refractivity contribution is -0.130. The normalized spacial score (nSPS) is 14.2. The van der Waals surface area contributed by atoms with Crippen LogP contribution in [0.3, 0.4) is 0 Å². The summed E-state index contributed by atoms with van der Waals surface area (Å²) in [5, 5.41) is 3.27. The Morgan fingerprint density at radius 2 is 1.85 bits per heavy atom. The molecule has 2 aromatic rings. The van der Waals surface area contributed by atoms with E-state index in [0.29, 0.717) is 36.8 Å². The Morgan fingerprint density at radius 3 is 2.56 bits per heavy atom. The quantitative estimate of drug-likeness (QED) is 0.874. The van der Waals surface area contributed by atoms with Crippen LogP contribution in [0, 0.1) is 12.7 Å². The molecule has 1 fully saturated rings. The molecule has 7 heteroatoms. The fourth-order valence-corrected chi connectivity index (χ4v) is 3.27. The first-order chi connectivity index (χ1) is 12.9. The Kier molecular flexibility index (Phi) is 5.96. The molecule has 2 amide bonds. The summed E-state index contributed by atoms with van der Waals surface area (Å²) in [6.07, 6.45) is 0. The highest BCUT2D eigenvalue weighted by atomic mass is 35.5. The number of piperazine rings is 1. The number of anilines is 1. The van der Waals surface area contributed by atoms with Crippen molar-refractivity contribution < 1.29 is 14.0 Å². The number of hydrogen-bond acceptors (Lipinski definition) is 3. The van der Waals surface area contributed by atoms with Crippen molar-refractivity contribution in [3.63, 3.8) is 0 Å². The number of rotatable bonds is 4. The molecule has 27 heavy (non-hydrogen) atoms. The van der Waals surface area contributed by atoms with Crippen LogP contribution in [0.1, 0.15) is 15.9 Å². The standard InChI is InChI=1S/C20H21ClFN3O2/c1-14-5-6-16(22)12-18(14)20(27)23-13-19(26)25-9-7-24(8-10-25)17-4-2-3-15(21)11-17/h2-6,11-12H,7-10,13H2,1H3,(H,23,27). The molecule has 0 aromatic heterocycles. The van der Waals surface area contributed by atoms with E-state index in [2.05, 4.69) is 10.2 Å². The molecule has 1 N–H and O–H groups in total. The number of carbonyl (C=O) groups is 2. The first-order valence-corrected chi connectivity index (χ1v) is 9.14. The Morgan fingerprint density at radius 1 is 1.11 bits per heavy atom. The second kappa shape index (κ2) is 8.39. The van der Waals surface area contributed by atoms with Crippen LogP contribution in [-0.4, -0.2) is 49.4 Å². The van der Waals surface area contributed by atoms with Crippen LogP contribution < -0.4 is 10.2 Å². The molecule has 0 bridgehead atoms. The van der Waals surface area contributed by atoms with Crippen LogP contribution in [0.2, 0.25) is 5.02 Å². The summed E-state index contributed by atoms with van der Waals surface area (Å²) in [4.78, 5) is 28.5. The van der Waals surface area contributed by atoms with Gasteiger partial charge in [-0.05, 0) is 42.8 Å².